The number of ether oxygens (including phenoxy) is 2. The lowest BCUT2D eigenvalue weighted by atomic mass is 10.1. The molecule has 0 atom stereocenters. The summed E-state index contributed by atoms with van der Waals surface area (Å²) in [7, 11) is 1.27. The standard InChI is InChI=1S/C20H18Cl2N2O7/c1-30-18-8-5-12(9-16(18)24(28)29)17(25)11-31-20(27)4-2-3-19(26)23-13-6-7-14(21)15(22)10-13/h5-10H,2-4,11H2,1H3,(H,23,26). The van der Waals surface area contributed by atoms with Crippen LogP contribution in [-0.4, -0.2) is 36.3 Å². The van der Waals surface area contributed by atoms with Crippen molar-refractivity contribution >= 4 is 52.2 Å². The van der Waals surface area contributed by atoms with Crippen LogP contribution < -0.4 is 10.1 Å². The highest BCUT2D eigenvalue weighted by atomic mass is 35.5. The first-order valence-electron chi connectivity index (χ1n) is 8.97. The minimum absolute atomic E-state index is 0.0118. The molecule has 31 heavy (non-hydrogen) atoms. The minimum Gasteiger partial charge on any atom is -0.490 e. The Morgan fingerprint density at radius 3 is 2.45 bits per heavy atom. The summed E-state index contributed by atoms with van der Waals surface area (Å²) in [5.41, 5.74) is 0.120. The number of esters is 1. The van der Waals surface area contributed by atoms with Crippen molar-refractivity contribution in [2.75, 3.05) is 19.0 Å². The first-order valence-corrected chi connectivity index (χ1v) is 9.73. The van der Waals surface area contributed by atoms with Crippen molar-refractivity contribution in [3.8, 4) is 5.75 Å². The molecule has 2 rings (SSSR count). The summed E-state index contributed by atoms with van der Waals surface area (Å²) >= 11 is 11.7. The number of Topliss-reactive ketones (excluding diaryl/α,β-unsaturated/α-hetero) is 1. The van der Waals surface area contributed by atoms with Gasteiger partial charge in [0.25, 0.3) is 0 Å². The summed E-state index contributed by atoms with van der Waals surface area (Å²) in [4.78, 5) is 46.2. The minimum atomic E-state index is -0.676. The van der Waals surface area contributed by atoms with E-state index in [9.17, 15) is 24.5 Å². The first-order chi connectivity index (χ1) is 14.7. The maximum Gasteiger partial charge on any atom is 0.311 e. The molecule has 0 heterocycles. The summed E-state index contributed by atoms with van der Waals surface area (Å²) < 4.78 is 9.76. The number of anilines is 1. The Labute approximate surface area is 187 Å². The third-order valence-corrected chi connectivity index (χ3v) is 4.79. The molecule has 0 bridgehead atoms. The number of hydrogen-bond donors (Lipinski definition) is 1. The average Bonchev–Trinajstić information content (AvgIpc) is 2.74. The van der Waals surface area contributed by atoms with Crippen LogP contribution in [0.3, 0.4) is 0 Å². The Balaban J connectivity index is 1.77. The summed E-state index contributed by atoms with van der Waals surface area (Å²) in [6.07, 6.45) is 0.174. The van der Waals surface area contributed by atoms with Gasteiger partial charge in [0.1, 0.15) is 0 Å². The van der Waals surface area contributed by atoms with Gasteiger partial charge in [0.2, 0.25) is 11.7 Å². The lowest BCUT2D eigenvalue weighted by molar-refractivity contribution is -0.385. The molecular weight excluding hydrogens is 451 g/mol. The SMILES string of the molecule is COc1ccc(C(=O)COC(=O)CCCC(=O)Nc2ccc(Cl)c(Cl)c2)cc1[N+](=O)[O-]. The van der Waals surface area contributed by atoms with Gasteiger partial charge in [-0.25, -0.2) is 0 Å². The van der Waals surface area contributed by atoms with E-state index in [0.717, 1.165) is 6.07 Å². The molecule has 0 aliphatic carbocycles. The van der Waals surface area contributed by atoms with Crippen LogP contribution in [0.5, 0.6) is 5.75 Å². The van der Waals surface area contributed by atoms with E-state index in [1.54, 1.807) is 12.1 Å². The van der Waals surface area contributed by atoms with Crippen LogP contribution in [0.15, 0.2) is 36.4 Å². The quantitative estimate of drug-likeness (QED) is 0.236. The molecule has 1 amide bonds. The third kappa shape index (κ3) is 7.23. The second-order valence-corrected chi connectivity index (χ2v) is 7.07. The zero-order valence-electron chi connectivity index (χ0n) is 16.4. The molecule has 0 saturated carbocycles. The Bertz CT molecular complexity index is 1010. The number of hydrogen-bond acceptors (Lipinski definition) is 7. The molecule has 0 radical (unpaired) electrons. The Morgan fingerprint density at radius 2 is 1.81 bits per heavy atom. The van der Waals surface area contributed by atoms with Gasteiger partial charge in [-0.3, -0.25) is 24.5 Å². The van der Waals surface area contributed by atoms with Gasteiger partial charge in [0, 0.05) is 30.2 Å². The highest BCUT2D eigenvalue weighted by Crippen LogP contribution is 2.28. The van der Waals surface area contributed by atoms with E-state index in [4.69, 9.17) is 32.7 Å². The Hall–Kier alpha value is -3.17. The number of methoxy groups -OCH3 is 1. The predicted octanol–water partition coefficient (Wildman–Crippen LogP) is 4.45. The van der Waals surface area contributed by atoms with Gasteiger partial charge in [0.05, 0.1) is 22.1 Å². The van der Waals surface area contributed by atoms with Gasteiger partial charge >= 0.3 is 11.7 Å². The predicted molar refractivity (Wildman–Crippen MR) is 114 cm³/mol. The molecule has 0 spiro atoms. The summed E-state index contributed by atoms with van der Waals surface area (Å²) in [5.74, 6) is -1.58. The molecule has 0 aromatic heterocycles. The van der Waals surface area contributed by atoms with Crippen LogP contribution in [0, 0.1) is 10.1 Å². The van der Waals surface area contributed by atoms with Crippen LogP contribution >= 0.6 is 23.2 Å². The second-order valence-electron chi connectivity index (χ2n) is 6.26. The van der Waals surface area contributed by atoms with Gasteiger partial charge in [-0.2, -0.15) is 0 Å². The van der Waals surface area contributed by atoms with E-state index in [-0.39, 0.29) is 42.2 Å². The lowest BCUT2D eigenvalue weighted by Gasteiger charge is -2.07. The fourth-order valence-corrected chi connectivity index (χ4v) is 2.80. The van der Waals surface area contributed by atoms with Crippen molar-refractivity contribution in [2.45, 2.75) is 19.3 Å². The monoisotopic (exact) mass is 468 g/mol. The average molecular weight is 469 g/mol. The molecule has 0 aliphatic heterocycles. The molecular formula is C20H18Cl2N2O7. The zero-order valence-corrected chi connectivity index (χ0v) is 17.9. The van der Waals surface area contributed by atoms with Crippen molar-refractivity contribution in [3.05, 3.63) is 62.1 Å². The topological polar surface area (TPSA) is 125 Å². The van der Waals surface area contributed by atoms with E-state index < -0.39 is 23.3 Å². The lowest BCUT2D eigenvalue weighted by Crippen LogP contribution is -2.15. The number of benzene rings is 2. The number of nitrogens with one attached hydrogen (secondary N) is 1. The number of rotatable bonds is 10. The van der Waals surface area contributed by atoms with Crippen LogP contribution in [0.4, 0.5) is 11.4 Å². The molecule has 9 nitrogen and oxygen atoms in total. The van der Waals surface area contributed by atoms with Crippen molar-refractivity contribution in [1.82, 2.24) is 0 Å². The van der Waals surface area contributed by atoms with E-state index in [1.165, 1.54) is 25.3 Å². The van der Waals surface area contributed by atoms with E-state index in [0.29, 0.717) is 15.7 Å². The van der Waals surface area contributed by atoms with Crippen molar-refractivity contribution < 1.29 is 28.8 Å². The zero-order chi connectivity index (χ0) is 23.0. The van der Waals surface area contributed by atoms with Crippen molar-refractivity contribution in [1.29, 1.82) is 0 Å². The smallest absolute Gasteiger partial charge is 0.311 e. The van der Waals surface area contributed by atoms with E-state index in [1.807, 2.05) is 0 Å². The van der Waals surface area contributed by atoms with Gasteiger partial charge in [-0.05, 0) is 36.8 Å². The van der Waals surface area contributed by atoms with Crippen molar-refractivity contribution in [3.63, 3.8) is 0 Å². The molecule has 164 valence electrons. The van der Waals surface area contributed by atoms with Gasteiger partial charge in [-0.15, -0.1) is 0 Å². The van der Waals surface area contributed by atoms with Crippen molar-refractivity contribution in [2.24, 2.45) is 0 Å². The summed E-state index contributed by atoms with van der Waals surface area (Å²) in [5, 5.41) is 14.3. The Kier molecular flexibility index (Phi) is 8.77. The molecule has 0 aliphatic rings. The summed E-state index contributed by atoms with van der Waals surface area (Å²) in [6, 6.07) is 8.34. The number of nitro benzene ring substituents is 1. The molecule has 11 heteroatoms. The van der Waals surface area contributed by atoms with Crippen LogP contribution in [0.2, 0.25) is 10.0 Å². The molecule has 1 N–H and O–H groups in total. The largest absolute Gasteiger partial charge is 0.490 e. The molecule has 0 saturated heterocycles. The number of carbonyl (C=O) groups excluding carboxylic acids is 3. The molecule has 2 aromatic carbocycles. The van der Waals surface area contributed by atoms with E-state index >= 15 is 0 Å². The number of carbonyl (C=O) groups is 3. The molecule has 2 aromatic rings. The maximum absolute atomic E-state index is 12.1. The Morgan fingerprint density at radius 1 is 1.06 bits per heavy atom. The molecule has 0 unspecified atom stereocenters. The highest BCUT2D eigenvalue weighted by molar-refractivity contribution is 6.42. The molecule has 0 fully saturated rings. The van der Waals surface area contributed by atoms with Gasteiger partial charge < -0.3 is 14.8 Å². The normalized spacial score (nSPS) is 10.3. The fraction of sp³-hybridized carbons (Fsp3) is 0.250. The maximum atomic E-state index is 12.1. The van der Waals surface area contributed by atoms with Crippen LogP contribution in [-0.2, 0) is 14.3 Å². The van der Waals surface area contributed by atoms with Crippen LogP contribution in [0.25, 0.3) is 0 Å². The third-order valence-electron chi connectivity index (χ3n) is 4.05. The van der Waals surface area contributed by atoms with Crippen LogP contribution in [0.1, 0.15) is 29.6 Å². The number of halogens is 2. The number of amides is 1. The number of nitro groups is 1. The van der Waals surface area contributed by atoms with Gasteiger partial charge in [-0.1, -0.05) is 23.2 Å². The van der Waals surface area contributed by atoms with Gasteiger partial charge in [0.15, 0.2) is 12.4 Å². The number of ketones is 1. The highest BCUT2D eigenvalue weighted by Gasteiger charge is 2.19. The van der Waals surface area contributed by atoms with E-state index in [2.05, 4.69) is 5.32 Å². The number of nitrogens with zero attached hydrogens (tertiary/aromatic N) is 1. The fourth-order valence-electron chi connectivity index (χ4n) is 2.50. The summed E-state index contributed by atoms with van der Waals surface area (Å²) in [6.45, 7) is -0.572. The first kappa shape index (κ1) is 24.1. The second kappa shape index (κ2) is 11.3.